The highest BCUT2D eigenvalue weighted by atomic mass is 32.1. The number of esters is 1. The number of nitrogens with zero attached hydrogens (tertiary/aromatic N) is 1. The Hall–Kier alpha value is -2.44. The van der Waals surface area contributed by atoms with E-state index in [1.54, 1.807) is 11.3 Å². The van der Waals surface area contributed by atoms with Crippen LogP contribution in [0, 0.1) is 6.92 Å². The smallest absolute Gasteiger partial charge is 0.339 e. The molecule has 0 amide bonds. The predicted molar refractivity (Wildman–Crippen MR) is 123 cm³/mol. The molecule has 0 fully saturated rings. The minimum atomic E-state index is -0.931. The molecule has 2 aromatic heterocycles. The monoisotopic (exact) mass is 439 g/mol. The number of hydrogen-bond donors (Lipinski definition) is 0. The molecule has 1 aliphatic carbocycles. The van der Waals surface area contributed by atoms with Crippen molar-refractivity contribution in [2.24, 2.45) is 0 Å². The second-order valence-electron chi connectivity index (χ2n) is 8.88. The van der Waals surface area contributed by atoms with E-state index in [1.165, 1.54) is 24.0 Å². The number of benzene rings is 1. The number of para-hydroxylation sites is 1. The first-order chi connectivity index (χ1) is 14.8. The van der Waals surface area contributed by atoms with Crippen molar-refractivity contribution in [2.45, 2.75) is 65.1 Å². The van der Waals surface area contributed by atoms with Crippen LogP contribution in [0.3, 0.4) is 0 Å². The maximum Gasteiger partial charge on any atom is 0.339 e. The number of aryl methyl sites for hydroxylation is 3. The maximum atomic E-state index is 12.9. The van der Waals surface area contributed by atoms with Gasteiger partial charge in [-0.15, -0.1) is 11.3 Å². The van der Waals surface area contributed by atoms with Crippen LogP contribution in [0.4, 0.5) is 0 Å². The number of pyridine rings is 1. The van der Waals surface area contributed by atoms with Crippen LogP contribution in [-0.4, -0.2) is 23.7 Å². The van der Waals surface area contributed by atoms with Gasteiger partial charge in [0.1, 0.15) is 16.3 Å². The summed E-state index contributed by atoms with van der Waals surface area (Å²) in [5, 5.41) is 1.01. The number of methoxy groups -OCH3 is 1. The Morgan fingerprint density at radius 2 is 1.84 bits per heavy atom. The molecule has 1 atom stereocenters. The van der Waals surface area contributed by atoms with Gasteiger partial charge < -0.3 is 14.2 Å². The Labute approximate surface area is 187 Å². The third kappa shape index (κ3) is 4.46. The largest absolute Gasteiger partial charge is 0.467 e. The summed E-state index contributed by atoms with van der Waals surface area (Å²) in [6.07, 6.45) is 3.46. The average Bonchev–Trinajstić information content (AvgIpc) is 3.10. The molecule has 31 heavy (non-hydrogen) atoms. The standard InChI is InChI=1S/C25H29NO4S/c1-15-19(22(24(27)28-5)30-25(2,3)4)21(29-16-11-7-6-8-12-16)20-17-13-9-10-14-18(17)31-23(20)26-15/h6-8,11-12,22H,9-10,13-14H2,1-5H3. The van der Waals surface area contributed by atoms with Gasteiger partial charge in [-0.05, 0) is 71.1 Å². The van der Waals surface area contributed by atoms with Crippen molar-refractivity contribution in [2.75, 3.05) is 7.11 Å². The molecule has 1 unspecified atom stereocenters. The number of carbonyl (C=O) groups is 1. The Bertz CT molecular complexity index is 1100. The molecule has 0 bridgehead atoms. The van der Waals surface area contributed by atoms with Crippen molar-refractivity contribution in [3.63, 3.8) is 0 Å². The molecule has 0 spiro atoms. The summed E-state index contributed by atoms with van der Waals surface area (Å²) < 4.78 is 17.8. The van der Waals surface area contributed by atoms with Crippen molar-refractivity contribution < 1.29 is 19.0 Å². The molecule has 3 aromatic rings. The molecule has 0 aliphatic heterocycles. The topological polar surface area (TPSA) is 57.7 Å². The minimum Gasteiger partial charge on any atom is -0.467 e. The van der Waals surface area contributed by atoms with E-state index in [0.717, 1.165) is 35.2 Å². The van der Waals surface area contributed by atoms with Crippen molar-refractivity contribution in [1.29, 1.82) is 0 Å². The first-order valence-corrected chi connectivity index (χ1v) is 11.5. The van der Waals surface area contributed by atoms with Gasteiger partial charge in [-0.3, -0.25) is 0 Å². The fourth-order valence-electron chi connectivity index (χ4n) is 4.08. The number of carbonyl (C=O) groups excluding carboxylic acids is 1. The molecule has 2 heterocycles. The first kappa shape index (κ1) is 21.8. The summed E-state index contributed by atoms with van der Waals surface area (Å²) in [7, 11) is 1.38. The molecule has 164 valence electrons. The number of rotatable bonds is 5. The Morgan fingerprint density at radius 1 is 1.13 bits per heavy atom. The van der Waals surface area contributed by atoms with Crippen molar-refractivity contribution in [1.82, 2.24) is 4.98 Å². The summed E-state index contributed by atoms with van der Waals surface area (Å²) in [6, 6.07) is 9.66. The van der Waals surface area contributed by atoms with E-state index in [-0.39, 0.29) is 0 Å². The van der Waals surface area contributed by atoms with Crippen molar-refractivity contribution in [3.8, 4) is 11.5 Å². The number of fused-ring (bicyclic) bond motifs is 3. The molecule has 0 saturated heterocycles. The minimum absolute atomic E-state index is 0.457. The van der Waals surface area contributed by atoms with Crippen LogP contribution in [-0.2, 0) is 27.1 Å². The lowest BCUT2D eigenvalue weighted by Crippen LogP contribution is -2.29. The molecule has 5 nitrogen and oxygen atoms in total. The van der Waals surface area contributed by atoms with Gasteiger partial charge in [-0.25, -0.2) is 9.78 Å². The molecule has 0 saturated carbocycles. The number of hydrogen-bond acceptors (Lipinski definition) is 6. The van der Waals surface area contributed by atoms with Gasteiger partial charge in [0.15, 0.2) is 6.10 Å². The van der Waals surface area contributed by atoms with Gasteiger partial charge in [-0.1, -0.05) is 18.2 Å². The third-order valence-electron chi connectivity index (χ3n) is 5.40. The van der Waals surface area contributed by atoms with Gasteiger partial charge in [0, 0.05) is 10.6 Å². The van der Waals surface area contributed by atoms with Gasteiger partial charge in [-0.2, -0.15) is 0 Å². The van der Waals surface area contributed by atoms with Crippen LogP contribution in [0.15, 0.2) is 30.3 Å². The lowest BCUT2D eigenvalue weighted by molar-refractivity contribution is -0.164. The summed E-state index contributed by atoms with van der Waals surface area (Å²) in [5.41, 5.74) is 2.10. The van der Waals surface area contributed by atoms with Crippen molar-refractivity contribution >= 4 is 27.5 Å². The SMILES string of the molecule is COC(=O)C(OC(C)(C)C)c1c(C)nc2sc3c(c2c1Oc1ccccc1)CCCC3. The van der Waals surface area contributed by atoms with Gasteiger partial charge in [0.25, 0.3) is 0 Å². The highest BCUT2D eigenvalue weighted by Crippen LogP contribution is 2.47. The number of ether oxygens (including phenoxy) is 3. The van der Waals surface area contributed by atoms with E-state index >= 15 is 0 Å². The normalized spacial score (nSPS) is 14.9. The van der Waals surface area contributed by atoms with Crippen LogP contribution in [0.1, 0.15) is 61.4 Å². The summed E-state index contributed by atoms with van der Waals surface area (Å²) in [6.45, 7) is 7.69. The highest BCUT2D eigenvalue weighted by Gasteiger charge is 2.35. The third-order valence-corrected chi connectivity index (χ3v) is 6.58. The van der Waals surface area contributed by atoms with Crippen LogP contribution in [0.5, 0.6) is 11.5 Å². The van der Waals surface area contributed by atoms with E-state index in [9.17, 15) is 4.79 Å². The van der Waals surface area contributed by atoms with E-state index in [4.69, 9.17) is 19.2 Å². The van der Waals surface area contributed by atoms with Crippen LogP contribution in [0.25, 0.3) is 10.2 Å². The second-order valence-corrected chi connectivity index (χ2v) is 9.96. The zero-order chi connectivity index (χ0) is 22.2. The van der Waals surface area contributed by atoms with Gasteiger partial charge >= 0.3 is 5.97 Å². The maximum absolute atomic E-state index is 12.9. The molecule has 0 N–H and O–H groups in total. The molecule has 1 aromatic carbocycles. The van der Waals surface area contributed by atoms with E-state index in [0.29, 0.717) is 17.1 Å². The van der Waals surface area contributed by atoms with Gasteiger partial charge in [0.05, 0.1) is 23.7 Å². The Kier molecular flexibility index (Phi) is 6.04. The Balaban J connectivity index is 1.99. The summed E-state index contributed by atoms with van der Waals surface area (Å²) >= 11 is 1.74. The zero-order valence-electron chi connectivity index (χ0n) is 18.8. The molecule has 6 heteroatoms. The van der Waals surface area contributed by atoms with E-state index < -0.39 is 17.7 Å². The molecule has 4 rings (SSSR count). The van der Waals surface area contributed by atoms with Crippen LogP contribution in [0.2, 0.25) is 0 Å². The number of aromatic nitrogens is 1. The Morgan fingerprint density at radius 3 is 2.52 bits per heavy atom. The quantitative estimate of drug-likeness (QED) is 0.436. The fraction of sp³-hybridized carbons (Fsp3) is 0.440. The molecule has 0 radical (unpaired) electrons. The molecular weight excluding hydrogens is 410 g/mol. The number of thiophene rings is 1. The predicted octanol–water partition coefficient (Wildman–Crippen LogP) is 6.31. The lowest BCUT2D eigenvalue weighted by atomic mass is 9.94. The second kappa shape index (κ2) is 8.60. The van der Waals surface area contributed by atoms with Crippen LogP contribution >= 0.6 is 11.3 Å². The average molecular weight is 440 g/mol. The highest BCUT2D eigenvalue weighted by molar-refractivity contribution is 7.18. The van der Waals surface area contributed by atoms with E-state index in [1.807, 2.05) is 58.0 Å². The van der Waals surface area contributed by atoms with Crippen molar-refractivity contribution in [3.05, 3.63) is 52.0 Å². The zero-order valence-corrected chi connectivity index (χ0v) is 19.6. The summed E-state index contributed by atoms with van der Waals surface area (Å²) in [5.74, 6) is 0.916. The fourth-order valence-corrected chi connectivity index (χ4v) is 5.39. The molecular formula is C25H29NO4S. The molecule has 1 aliphatic rings. The van der Waals surface area contributed by atoms with Crippen LogP contribution < -0.4 is 4.74 Å². The lowest BCUT2D eigenvalue weighted by Gasteiger charge is -2.28. The first-order valence-electron chi connectivity index (χ1n) is 10.7. The van der Waals surface area contributed by atoms with Gasteiger partial charge in [0.2, 0.25) is 0 Å². The summed E-state index contributed by atoms with van der Waals surface area (Å²) in [4.78, 5) is 20.1. The van der Waals surface area contributed by atoms with E-state index in [2.05, 4.69) is 0 Å².